The first-order valence-electron chi connectivity index (χ1n) is 9.59. The second-order valence-electron chi connectivity index (χ2n) is 7.98. The van der Waals surface area contributed by atoms with Crippen molar-refractivity contribution in [3.8, 4) is 0 Å². The molecule has 5 unspecified atom stereocenters. The predicted octanol–water partition coefficient (Wildman–Crippen LogP) is 2.73. The molecule has 3 saturated heterocycles. The molecule has 0 aromatic heterocycles. The van der Waals surface area contributed by atoms with Crippen LogP contribution < -0.4 is 5.32 Å². The van der Waals surface area contributed by atoms with Crippen LogP contribution >= 0.6 is 24.0 Å². The number of hydrogen-bond donors (Lipinski definition) is 1. The van der Waals surface area contributed by atoms with Crippen molar-refractivity contribution in [2.75, 3.05) is 40.8 Å². The molecule has 0 saturated carbocycles. The van der Waals surface area contributed by atoms with Gasteiger partial charge in [0.25, 0.3) is 0 Å². The van der Waals surface area contributed by atoms with Gasteiger partial charge < -0.3 is 19.9 Å². The SMILES string of the molecule is CN=C(NCC(c1ccc(F)cc1)N(C)C)N1CC2C3CCC(O3)C2C1.I. The summed E-state index contributed by atoms with van der Waals surface area (Å²) in [5.41, 5.74) is 1.10. The van der Waals surface area contributed by atoms with E-state index in [1.54, 1.807) is 0 Å². The minimum absolute atomic E-state index is 0. The van der Waals surface area contributed by atoms with Crippen LogP contribution in [0.2, 0.25) is 0 Å². The number of likely N-dealkylation sites (tertiary alicyclic amines) is 1. The summed E-state index contributed by atoms with van der Waals surface area (Å²) in [4.78, 5) is 9.06. The Morgan fingerprint density at radius 2 is 1.81 bits per heavy atom. The Labute approximate surface area is 178 Å². The van der Waals surface area contributed by atoms with Crippen molar-refractivity contribution < 1.29 is 9.13 Å². The zero-order valence-corrected chi connectivity index (χ0v) is 18.6. The maximum Gasteiger partial charge on any atom is 0.193 e. The van der Waals surface area contributed by atoms with Gasteiger partial charge in [-0.05, 0) is 44.6 Å². The van der Waals surface area contributed by atoms with Crippen LogP contribution in [0.25, 0.3) is 0 Å². The van der Waals surface area contributed by atoms with E-state index < -0.39 is 0 Å². The van der Waals surface area contributed by atoms with Gasteiger partial charge in [0, 0.05) is 38.5 Å². The molecule has 5 nitrogen and oxygen atoms in total. The fourth-order valence-corrected chi connectivity index (χ4v) is 4.94. The van der Waals surface area contributed by atoms with Gasteiger partial charge in [0.1, 0.15) is 5.82 Å². The summed E-state index contributed by atoms with van der Waals surface area (Å²) in [6.07, 6.45) is 3.36. The van der Waals surface area contributed by atoms with E-state index in [0.29, 0.717) is 24.0 Å². The van der Waals surface area contributed by atoms with Crippen molar-refractivity contribution in [2.45, 2.75) is 31.1 Å². The maximum atomic E-state index is 13.2. The lowest BCUT2D eigenvalue weighted by Crippen LogP contribution is -2.44. The van der Waals surface area contributed by atoms with E-state index in [-0.39, 0.29) is 35.8 Å². The molecule has 3 aliphatic heterocycles. The molecular weight excluding hydrogens is 458 g/mol. The van der Waals surface area contributed by atoms with E-state index in [0.717, 1.165) is 31.2 Å². The molecule has 27 heavy (non-hydrogen) atoms. The average Bonchev–Trinajstić information content (AvgIpc) is 3.32. The molecule has 0 aliphatic carbocycles. The summed E-state index contributed by atoms with van der Waals surface area (Å²) in [6, 6.07) is 6.93. The second-order valence-corrected chi connectivity index (χ2v) is 7.98. The number of ether oxygens (including phenoxy) is 1. The summed E-state index contributed by atoms with van der Waals surface area (Å²) in [5, 5.41) is 3.54. The molecule has 3 aliphatic rings. The predicted molar refractivity (Wildman–Crippen MR) is 116 cm³/mol. The molecule has 1 aromatic carbocycles. The number of rotatable bonds is 4. The highest BCUT2D eigenvalue weighted by Crippen LogP contribution is 2.47. The summed E-state index contributed by atoms with van der Waals surface area (Å²) >= 11 is 0. The van der Waals surface area contributed by atoms with E-state index >= 15 is 0 Å². The highest BCUT2D eigenvalue weighted by atomic mass is 127. The Hall–Kier alpha value is -0.930. The van der Waals surface area contributed by atoms with Crippen LogP contribution in [-0.4, -0.2) is 68.7 Å². The summed E-state index contributed by atoms with van der Waals surface area (Å²) in [7, 11) is 5.95. The third-order valence-electron chi connectivity index (χ3n) is 6.30. The third-order valence-corrected chi connectivity index (χ3v) is 6.30. The smallest absolute Gasteiger partial charge is 0.193 e. The number of hydrogen-bond acceptors (Lipinski definition) is 3. The standard InChI is InChI=1S/C20H29FN4O.HI/c1-22-20(25-11-15-16(12-25)19-9-8-18(15)26-19)23-10-17(24(2)3)13-4-6-14(21)7-5-13;/h4-7,15-19H,8-12H2,1-3H3,(H,22,23);1H. The van der Waals surface area contributed by atoms with Crippen LogP contribution in [0.5, 0.6) is 0 Å². The Morgan fingerprint density at radius 3 is 2.33 bits per heavy atom. The first-order valence-corrected chi connectivity index (χ1v) is 9.59. The quantitative estimate of drug-likeness (QED) is 0.402. The van der Waals surface area contributed by atoms with E-state index in [9.17, 15) is 4.39 Å². The van der Waals surface area contributed by atoms with Crippen LogP contribution in [0.3, 0.4) is 0 Å². The lowest BCUT2D eigenvalue weighted by Gasteiger charge is -2.29. The van der Waals surface area contributed by atoms with Crippen LogP contribution in [0, 0.1) is 17.7 Å². The topological polar surface area (TPSA) is 40.1 Å². The number of benzene rings is 1. The first kappa shape index (κ1) is 20.8. The molecule has 0 amide bonds. The van der Waals surface area contributed by atoms with Crippen molar-refractivity contribution in [2.24, 2.45) is 16.8 Å². The van der Waals surface area contributed by atoms with E-state index in [1.807, 2.05) is 33.3 Å². The Balaban J connectivity index is 0.00000210. The summed E-state index contributed by atoms with van der Waals surface area (Å²) in [6.45, 7) is 2.81. The van der Waals surface area contributed by atoms with Crippen molar-refractivity contribution >= 4 is 29.9 Å². The molecular formula is C20H30FIN4O. The number of halogens is 2. The number of aliphatic imine (C=N–C) groups is 1. The number of nitrogens with one attached hydrogen (secondary N) is 1. The van der Waals surface area contributed by atoms with Gasteiger partial charge in [-0.15, -0.1) is 24.0 Å². The molecule has 0 radical (unpaired) electrons. The fourth-order valence-electron chi connectivity index (χ4n) is 4.94. The normalized spacial score (nSPS) is 30.4. The number of nitrogens with zero attached hydrogens (tertiary/aromatic N) is 3. The van der Waals surface area contributed by atoms with Gasteiger partial charge in [-0.1, -0.05) is 12.1 Å². The zero-order valence-electron chi connectivity index (χ0n) is 16.3. The Bertz CT molecular complexity index is 650. The second kappa shape index (κ2) is 8.61. The van der Waals surface area contributed by atoms with Crippen molar-refractivity contribution in [1.29, 1.82) is 0 Å². The average molecular weight is 488 g/mol. The largest absolute Gasteiger partial charge is 0.374 e. The van der Waals surface area contributed by atoms with Crippen molar-refractivity contribution in [1.82, 2.24) is 15.1 Å². The van der Waals surface area contributed by atoms with E-state index in [2.05, 4.69) is 20.1 Å². The minimum atomic E-state index is -0.199. The van der Waals surface area contributed by atoms with Gasteiger partial charge >= 0.3 is 0 Å². The number of guanidine groups is 1. The van der Waals surface area contributed by atoms with Gasteiger partial charge in [0.05, 0.1) is 18.2 Å². The summed E-state index contributed by atoms with van der Waals surface area (Å²) < 4.78 is 19.3. The lowest BCUT2D eigenvalue weighted by atomic mass is 9.82. The molecule has 0 spiro atoms. The third kappa shape index (κ3) is 4.10. The fraction of sp³-hybridized carbons (Fsp3) is 0.650. The van der Waals surface area contributed by atoms with Crippen LogP contribution in [0.4, 0.5) is 4.39 Å². The highest BCUT2D eigenvalue weighted by Gasteiger charge is 2.53. The maximum absolute atomic E-state index is 13.2. The van der Waals surface area contributed by atoms with Crippen LogP contribution in [0.15, 0.2) is 29.3 Å². The molecule has 3 fully saturated rings. The van der Waals surface area contributed by atoms with Gasteiger partial charge in [-0.3, -0.25) is 4.99 Å². The Morgan fingerprint density at radius 1 is 1.22 bits per heavy atom. The Kier molecular flexibility index (Phi) is 6.63. The van der Waals surface area contributed by atoms with Gasteiger partial charge in [0.2, 0.25) is 0 Å². The molecule has 4 rings (SSSR count). The van der Waals surface area contributed by atoms with Crippen LogP contribution in [0.1, 0.15) is 24.4 Å². The monoisotopic (exact) mass is 488 g/mol. The first-order chi connectivity index (χ1) is 12.6. The van der Waals surface area contributed by atoms with Crippen molar-refractivity contribution in [3.05, 3.63) is 35.6 Å². The zero-order chi connectivity index (χ0) is 18.3. The number of fused-ring (bicyclic) bond motifs is 5. The van der Waals surface area contributed by atoms with E-state index in [1.165, 1.54) is 25.0 Å². The van der Waals surface area contributed by atoms with Gasteiger partial charge in [0.15, 0.2) is 5.96 Å². The molecule has 150 valence electrons. The molecule has 7 heteroatoms. The summed E-state index contributed by atoms with van der Waals surface area (Å²) in [5.74, 6) is 2.09. The van der Waals surface area contributed by atoms with Crippen LogP contribution in [-0.2, 0) is 4.74 Å². The molecule has 3 heterocycles. The van der Waals surface area contributed by atoms with E-state index in [4.69, 9.17) is 4.74 Å². The lowest BCUT2D eigenvalue weighted by molar-refractivity contribution is 0.0766. The molecule has 2 bridgehead atoms. The number of likely N-dealkylation sites (N-methyl/N-ethyl adjacent to an activating group) is 1. The van der Waals surface area contributed by atoms with Gasteiger partial charge in [-0.2, -0.15) is 0 Å². The highest BCUT2D eigenvalue weighted by molar-refractivity contribution is 14.0. The molecule has 1 aromatic rings. The molecule has 5 atom stereocenters. The van der Waals surface area contributed by atoms with Crippen molar-refractivity contribution in [3.63, 3.8) is 0 Å². The van der Waals surface area contributed by atoms with Gasteiger partial charge in [-0.25, -0.2) is 4.39 Å². The molecule has 1 N–H and O–H groups in total. The minimum Gasteiger partial charge on any atom is -0.374 e.